The van der Waals surface area contributed by atoms with E-state index >= 15 is 0 Å². The minimum Gasteiger partial charge on any atom is -0.354 e. The number of pyridine rings is 1. The summed E-state index contributed by atoms with van der Waals surface area (Å²) in [6, 6.07) is 84.6. The minimum absolute atomic E-state index is 0.584. The van der Waals surface area contributed by atoms with E-state index < -0.39 is 0 Å². The van der Waals surface area contributed by atoms with E-state index in [1.54, 1.807) is 0 Å². The first-order valence-corrected chi connectivity index (χ1v) is 22.6. The molecule has 0 bridgehead atoms. The number of fused-ring (bicyclic) bond motifs is 3. The molecule has 0 aliphatic heterocycles. The molecule has 3 aromatic heterocycles. The molecule has 0 saturated carbocycles. The lowest BCUT2D eigenvalue weighted by Crippen LogP contribution is -2.02. The highest BCUT2D eigenvalue weighted by Gasteiger charge is 2.26. The Morgan fingerprint density at radius 3 is 1.22 bits per heavy atom. The Balaban J connectivity index is 1.06. The van der Waals surface area contributed by atoms with Crippen LogP contribution in [0.25, 0.3) is 123 Å². The van der Waals surface area contributed by atoms with Crippen LogP contribution in [0.1, 0.15) is 0 Å². The van der Waals surface area contributed by atoms with E-state index in [1.807, 2.05) is 18.2 Å². The topological polar surface area (TPSA) is 67.3 Å². The predicted molar refractivity (Wildman–Crippen MR) is 276 cm³/mol. The molecule has 314 valence electrons. The summed E-state index contributed by atoms with van der Waals surface area (Å²) in [6.07, 6.45) is 0. The first-order chi connectivity index (χ1) is 33.2. The molecule has 0 amide bonds. The van der Waals surface area contributed by atoms with Crippen LogP contribution in [0.2, 0.25) is 0 Å². The molecule has 0 unspecified atom stereocenters. The zero-order valence-electron chi connectivity index (χ0n) is 36.4. The van der Waals surface area contributed by atoms with Crippen molar-refractivity contribution in [2.75, 3.05) is 0 Å². The van der Waals surface area contributed by atoms with Gasteiger partial charge in [-0.3, -0.25) is 0 Å². The van der Waals surface area contributed by atoms with Crippen molar-refractivity contribution >= 4 is 21.8 Å². The van der Waals surface area contributed by atoms with Gasteiger partial charge in [0, 0.05) is 66.4 Å². The monoisotopic (exact) mass is 855 g/mol. The summed E-state index contributed by atoms with van der Waals surface area (Å²) in [4.78, 5) is 24.9. The average molecular weight is 856 g/mol. The van der Waals surface area contributed by atoms with Gasteiger partial charge in [0.1, 0.15) is 0 Å². The Morgan fingerprint density at radius 1 is 0.254 bits per heavy atom. The predicted octanol–water partition coefficient (Wildman–Crippen LogP) is 15.9. The molecule has 1 N–H and O–H groups in total. The van der Waals surface area contributed by atoms with Crippen molar-refractivity contribution in [3.8, 4) is 101 Å². The number of para-hydroxylation sites is 2. The molecule has 67 heavy (non-hydrogen) atoms. The van der Waals surface area contributed by atoms with Crippen LogP contribution in [0.15, 0.2) is 243 Å². The van der Waals surface area contributed by atoms with Gasteiger partial charge in [-0.05, 0) is 34.4 Å². The maximum Gasteiger partial charge on any atom is 0.164 e. The van der Waals surface area contributed by atoms with Crippen molar-refractivity contribution in [2.45, 2.75) is 0 Å². The fourth-order valence-electron chi connectivity index (χ4n) is 9.33. The number of rotatable bonds is 9. The number of nitrogens with one attached hydrogen (secondary N) is 1. The van der Waals surface area contributed by atoms with E-state index in [2.05, 4.69) is 229 Å². The fourth-order valence-corrected chi connectivity index (χ4v) is 9.33. The van der Waals surface area contributed by atoms with E-state index in [0.29, 0.717) is 17.5 Å². The summed E-state index contributed by atoms with van der Waals surface area (Å²) in [7, 11) is 0. The molecule has 0 spiro atoms. The quantitative estimate of drug-likeness (QED) is 0.157. The number of hydrogen-bond donors (Lipinski definition) is 1. The maximum atomic E-state index is 5.64. The van der Waals surface area contributed by atoms with Crippen LogP contribution in [0.5, 0.6) is 0 Å². The first kappa shape index (κ1) is 39.5. The van der Waals surface area contributed by atoms with Crippen molar-refractivity contribution in [2.24, 2.45) is 0 Å². The molecule has 5 nitrogen and oxygen atoms in total. The van der Waals surface area contributed by atoms with Crippen LogP contribution < -0.4 is 0 Å². The third-order valence-corrected chi connectivity index (χ3v) is 12.5. The molecule has 12 rings (SSSR count). The third-order valence-electron chi connectivity index (χ3n) is 12.5. The highest BCUT2D eigenvalue weighted by Crippen LogP contribution is 2.49. The fraction of sp³-hybridized carbons (Fsp3) is 0. The summed E-state index contributed by atoms with van der Waals surface area (Å²) in [6.45, 7) is 0. The standard InChI is InChI=1S/C62H41N5/c1-6-20-42(21-7-1)55-54(56(43-22-8-2-9-23-43)58(45-26-12-4-13-27-45)64-57(55)44-24-10-3-11-25-44)48-30-18-31-49(40-48)62-66-60(46-28-14-5-15-29-46)65-61(67-62)47-38-36-41(37-39-47)50-33-19-34-52-51-32-16-17-35-53(51)63-59(50)52/h1-40,63H. The van der Waals surface area contributed by atoms with Gasteiger partial charge in [0.05, 0.1) is 16.9 Å². The van der Waals surface area contributed by atoms with Crippen molar-refractivity contribution in [3.05, 3.63) is 243 Å². The van der Waals surface area contributed by atoms with Gasteiger partial charge in [0.15, 0.2) is 17.5 Å². The van der Waals surface area contributed by atoms with Gasteiger partial charge >= 0.3 is 0 Å². The molecule has 3 heterocycles. The smallest absolute Gasteiger partial charge is 0.164 e. The Labute approximate surface area is 388 Å². The molecule has 5 heteroatoms. The Bertz CT molecular complexity index is 3600. The third kappa shape index (κ3) is 7.44. The molecule has 0 aliphatic rings. The lowest BCUT2D eigenvalue weighted by Gasteiger charge is -2.23. The van der Waals surface area contributed by atoms with E-state index in [4.69, 9.17) is 19.9 Å². The molecular weight excluding hydrogens is 815 g/mol. The van der Waals surface area contributed by atoms with Crippen molar-refractivity contribution < 1.29 is 0 Å². The van der Waals surface area contributed by atoms with E-state index in [0.717, 1.165) is 94.7 Å². The van der Waals surface area contributed by atoms with E-state index in [9.17, 15) is 0 Å². The zero-order valence-corrected chi connectivity index (χ0v) is 36.4. The van der Waals surface area contributed by atoms with Crippen molar-refractivity contribution in [1.82, 2.24) is 24.9 Å². The van der Waals surface area contributed by atoms with Gasteiger partial charge in [-0.2, -0.15) is 0 Å². The number of hydrogen-bond acceptors (Lipinski definition) is 4. The average Bonchev–Trinajstić information content (AvgIpc) is 3.81. The highest BCUT2D eigenvalue weighted by molar-refractivity contribution is 6.12. The van der Waals surface area contributed by atoms with Crippen LogP contribution >= 0.6 is 0 Å². The summed E-state index contributed by atoms with van der Waals surface area (Å²) in [5, 5.41) is 2.43. The van der Waals surface area contributed by atoms with Gasteiger partial charge in [-0.1, -0.05) is 231 Å². The normalized spacial score (nSPS) is 11.3. The zero-order chi connectivity index (χ0) is 44.5. The van der Waals surface area contributed by atoms with Gasteiger partial charge in [0.2, 0.25) is 0 Å². The Kier molecular flexibility index (Phi) is 10.1. The number of H-pyrrole nitrogens is 1. The highest BCUT2D eigenvalue weighted by atomic mass is 15.0. The lowest BCUT2D eigenvalue weighted by molar-refractivity contribution is 1.07. The second-order valence-electron chi connectivity index (χ2n) is 16.6. The van der Waals surface area contributed by atoms with Gasteiger partial charge < -0.3 is 4.98 Å². The minimum atomic E-state index is 0.584. The number of nitrogens with zero attached hydrogens (tertiary/aromatic N) is 4. The van der Waals surface area contributed by atoms with E-state index in [1.165, 1.54) is 10.8 Å². The Hall–Kier alpha value is -9.06. The largest absolute Gasteiger partial charge is 0.354 e. The van der Waals surface area contributed by atoms with E-state index in [-0.39, 0.29) is 0 Å². The van der Waals surface area contributed by atoms with Gasteiger partial charge in [-0.15, -0.1) is 0 Å². The first-order valence-electron chi connectivity index (χ1n) is 22.6. The Morgan fingerprint density at radius 2 is 0.657 bits per heavy atom. The van der Waals surface area contributed by atoms with Crippen molar-refractivity contribution in [1.29, 1.82) is 0 Å². The van der Waals surface area contributed by atoms with Gasteiger partial charge in [-0.25, -0.2) is 19.9 Å². The summed E-state index contributed by atoms with van der Waals surface area (Å²) >= 11 is 0. The summed E-state index contributed by atoms with van der Waals surface area (Å²) < 4.78 is 0. The second-order valence-corrected chi connectivity index (χ2v) is 16.6. The number of aromatic nitrogens is 5. The number of aromatic amines is 1. The molecule has 0 aliphatic carbocycles. The van der Waals surface area contributed by atoms with Crippen molar-refractivity contribution in [3.63, 3.8) is 0 Å². The summed E-state index contributed by atoms with van der Waals surface area (Å²) in [5.41, 5.74) is 17.4. The van der Waals surface area contributed by atoms with Crippen LogP contribution in [-0.4, -0.2) is 24.9 Å². The molecule has 12 aromatic rings. The molecule has 0 atom stereocenters. The molecular formula is C62H41N5. The SMILES string of the molecule is c1ccc(-c2nc(-c3ccc(-c4cccc5c4[nH]c4ccccc45)cc3)nc(-c3cccc(-c4c(-c5ccccc5)c(-c5ccccc5)nc(-c5ccccc5)c4-c4ccccc4)c3)n2)cc1. The molecule has 9 aromatic carbocycles. The summed E-state index contributed by atoms with van der Waals surface area (Å²) in [5.74, 6) is 1.79. The van der Waals surface area contributed by atoms with Crippen LogP contribution in [0.4, 0.5) is 0 Å². The maximum absolute atomic E-state index is 5.64. The van der Waals surface area contributed by atoms with Crippen LogP contribution in [0, 0.1) is 0 Å². The van der Waals surface area contributed by atoms with Gasteiger partial charge in [0.25, 0.3) is 0 Å². The molecule has 0 saturated heterocycles. The molecule has 0 radical (unpaired) electrons. The van der Waals surface area contributed by atoms with Crippen LogP contribution in [0.3, 0.4) is 0 Å². The number of benzene rings is 9. The second kappa shape index (κ2) is 17.1. The van der Waals surface area contributed by atoms with Crippen LogP contribution in [-0.2, 0) is 0 Å². The molecule has 0 fully saturated rings. The lowest BCUT2D eigenvalue weighted by atomic mass is 9.83.